The average molecular weight is 269 g/mol. The normalized spacial score (nSPS) is 14.0. The Kier molecular flexibility index (Phi) is 3.91. The predicted octanol–water partition coefficient (Wildman–Crippen LogP) is 2.53. The molecule has 0 aliphatic heterocycles. The van der Waals surface area contributed by atoms with Crippen molar-refractivity contribution in [3.05, 3.63) is 71.3 Å². The molecule has 104 valence electrons. The largest absolute Gasteiger partial charge is 0.372 e. The number of carbonyl (C=O) groups excluding carboxylic acids is 1. The Morgan fingerprint density at radius 1 is 1.00 bits per heavy atom. The minimum atomic E-state index is -1.79. The van der Waals surface area contributed by atoms with Crippen molar-refractivity contribution in [2.75, 3.05) is 0 Å². The summed E-state index contributed by atoms with van der Waals surface area (Å²) in [4.78, 5) is 11.8. The van der Waals surface area contributed by atoms with Gasteiger partial charge in [-0.2, -0.15) is 0 Å². The number of hydrogen-bond acceptors (Lipinski definition) is 2. The van der Waals surface area contributed by atoms with Gasteiger partial charge in [0.25, 0.3) is 5.91 Å². The van der Waals surface area contributed by atoms with Crippen molar-refractivity contribution >= 4 is 5.91 Å². The Hall–Kier alpha value is -2.13. The van der Waals surface area contributed by atoms with E-state index in [0.29, 0.717) is 17.0 Å². The summed E-state index contributed by atoms with van der Waals surface area (Å²) >= 11 is 0. The lowest BCUT2D eigenvalue weighted by Crippen LogP contribution is -2.42. The van der Waals surface area contributed by atoms with Gasteiger partial charge in [0.2, 0.25) is 0 Å². The van der Waals surface area contributed by atoms with Crippen LogP contribution in [0.1, 0.15) is 36.5 Å². The van der Waals surface area contributed by atoms with Gasteiger partial charge in [-0.05, 0) is 22.6 Å². The summed E-state index contributed by atoms with van der Waals surface area (Å²) in [5.41, 5.74) is 5.76. The van der Waals surface area contributed by atoms with E-state index in [0.717, 1.165) is 5.56 Å². The zero-order chi connectivity index (χ0) is 14.8. The van der Waals surface area contributed by atoms with Gasteiger partial charge in [0.1, 0.15) is 0 Å². The van der Waals surface area contributed by atoms with Crippen LogP contribution in [0, 0.1) is 0 Å². The predicted molar refractivity (Wildman–Crippen MR) is 79.2 cm³/mol. The van der Waals surface area contributed by atoms with Crippen molar-refractivity contribution in [2.45, 2.75) is 25.4 Å². The van der Waals surface area contributed by atoms with E-state index >= 15 is 0 Å². The first-order chi connectivity index (χ1) is 9.46. The summed E-state index contributed by atoms with van der Waals surface area (Å²) in [6.07, 6.45) is 0. The van der Waals surface area contributed by atoms with Gasteiger partial charge in [-0.3, -0.25) is 4.79 Å². The highest BCUT2D eigenvalue weighted by Gasteiger charge is 2.37. The Bertz CT molecular complexity index is 590. The summed E-state index contributed by atoms with van der Waals surface area (Å²) < 4.78 is 0. The molecule has 3 nitrogen and oxygen atoms in total. The molecule has 0 saturated carbocycles. The molecule has 0 fully saturated rings. The van der Waals surface area contributed by atoms with Crippen molar-refractivity contribution in [3.63, 3.8) is 0 Å². The van der Waals surface area contributed by atoms with Gasteiger partial charge >= 0.3 is 0 Å². The van der Waals surface area contributed by atoms with Gasteiger partial charge in [-0.15, -0.1) is 0 Å². The van der Waals surface area contributed by atoms with Gasteiger partial charge in [-0.25, -0.2) is 0 Å². The molecular weight excluding hydrogens is 250 g/mol. The van der Waals surface area contributed by atoms with E-state index in [1.807, 2.05) is 18.2 Å². The Morgan fingerprint density at radius 2 is 1.50 bits per heavy atom. The van der Waals surface area contributed by atoms with Crippen LogP contribution in [0.3, 0.4) is 0 Å². The maximum atomic E-state index is 11.8. The van der Waals surface area contributed by atoms with E-state index in [-0.39, 0.29) is 0 Å². The van der Waals surface area contributed by atoms with Crippen LogP contribution in [0.25, 0.3) is 0 Å². The smallest absolute Gasteiger partial charge is 0.258 e. The summed E-state index contributed by atoms with van der Waals surface area (Å²) in [5, 5.41) is 10.8. The molecule has 0 aliphatic rings. The molecule has 0 saturated heterocycles. The minimum Gasteiger partial charge on any atom is -0.372 e. The fourth-order valence-corrected chi connectivity index (χ4v) is 2.24. The molecule has 1 atom stereocenters. The fraction of sp³-hybridized carbons (Fsp3) is 0.235. The Morgan fingerprint density at radius 3 is 1.95 bits per heavy atom. The molecule has 0 heterocycles. The molecule has 3 N–H and O–H groups in total. The molecule has 0 spiro atoms. The summed E-state index contributed by atoms with van der Waals surface area (Å²) in [5.74, 6) is -0.386. The topological polar surface area (TPSA) is 63.3 Å². The van der Waals surface area contributed by atoms with Crippen LogP contribution in [0.2, 0.25) is 0 Å². The van der Waals surface area contributed by atoms with E-state index in [9.17, 15) is 9.90 Å². The Balaban J connectivity index is 2.51. The van der Waals surface area contributed by atoms with Crippen molar-refractivity contribution in [3.8, 4) is 0 Å². The first-order valence-electron chi connectivity index (χ1n) is 6.64. The second kappa shape index (κ2) is 5.47. The van der Waals surface area contributed by atoms with Gasteiger partial charge in [0.15, 0.2) is 5.60 Å². The van der Waals surface area contributed by atoms with Gasteiger partial charge in [0, 0.05) is 0 Å². The molecule has 2 rings (SSSR count). The number of aliphatic hydroxyl groups is 1. The molecule has 0 radical (unpaired) electrons. The van der Waals surface area contributed by atoms with Crippen molar-refractivity contribution in [1.29, 1.82) is 0 Å². The maximum Gasteiger partial charge on any atom is 0.258 e. The standard InChI is InChI=1S/C17H19NO2/c1-12(2)13-8-10-15(11-9-13)17(20,16(18)19)14-6-4-3-5-7-14/h3-12,20H,1-2H3,(H2,18,19). The van der Waals surface area contributed by atoms with Crippen LogP contribution in [0.15, 0.2) is 54.6 Å². The first-order valence-corrected chi connectivity index (χ1v) is 6.64. The van der Waals surface area contributed by atoms with Crippen molar-refractivity contribution < 1.29 is 9.90 Å². The molecule has 0 aromatic heterocycles. The number of hydrogen-bond donors (Lipinski definition) is 2. The molecule has 2 aromatic carbocycles. The monoisotopic (exact) mass is 269 g/mol. The van der Waals surface area contributed by atoms with E-state index in [1.165, 1.54) is 0 Å². The van der Waals surface area contributed by atoms with Crippen LogP contribution in [-0.2, 0) is 10.4 Å². The average Bonchev–Trinajstić information content (AvgIpc) is 2.47. The number of nitrogens with two attached hydrogens (primary N) is 1. The van der Waals surface area contributed by atoms with Gasteiger partial charge in [-0.1, -0.05) is 68.4 Å². The van der Waals surface area contributed by atoms with Crippen LogP contribution in [-0.4, -0.2) is 11.0 Å². The number of primary amides is 1. The first kappa shape index (κ1) is 14.3. The third-order valence-corrected chi connectivity index (χ3v) is 3.54. The maximum absolute atomic E-state index is 11.8. The van der Waals surface area contributed by atoms with E-state index in [2.05, 4.69) is 13.8 Å². The van der Waals surface area contributed by atoms with Crippen LogP contribution in [0.5, 0.6) is 0 Å². The lowest BCUT2D eigenvalue weighted by Gasteiger charge is -2.26. The molecule has 0 bridgehead atoms. The van der Waals surface area contributed by atoms with Crippen LogP contribution < -0.4 is 5.73 Å². The molecule has 2 aromatic rings. The quantitative estimate of drug-likeness (QED) is 0.896. The van der Waals surface area contributed by atoms with Crippen molar-refractivity contribution in [1.82, 2.24) is 0 Å². The fourth-order valence-electron chi connectivity index (χ4n) is 2.24. The second-order valence-corrected chi connectivity index (χ2v) is 5.22. The van der Waals surface area contributed by atoms with Gasteiger partial charge in [0.05, 0.1) is 0 Å². The molecule has 20 heavy (non-hydrogen) atoms. The third kappa shape index (κ3) is 2.45. The van der Waals surface area contributed by atoms with Crippen LogP contribution in [0.4, 0.5) is 0 Å². The Labute approximate surface area is 119 Å². The zero-order valence-electron chi connectivity index (χ0n) is 11.7. The molecular formula is C17H19NO2. The summed E-state index contributed by atoms with van der Waals surface area (Å²) in [7, 11) is 0. The SMILES string of the molecule is CC(C)c1ccc(C(O)(C(N)=O)c2ccccc2)cc1. The summed E-state index contributed by atoms with van der Waals surface area (Å²) in [6, 6.07) is 16.1. The highest BCUT2D eigenvalue weighted by Crippen LogP contribution is 2.30. The highest BCUT2D eigenvalue weighted by molar-refractivity contribution is 5.88. The second-order valence-electron chi connectivity index (χ2n) is 5.22. The van der Waals surface area contributed by atoms with E-state index < -0.39 is 11.5 Å². The third-order valence-electron chi connectivity index (χ3n) is 3.54. The van der Waals surface area contributed by atoms with E-state index in [1.54, 1.807) is 36.4 Å². The zero-order valence-corrected chi connectivity index (χ0v) is 11.7. The molecule has 3 heteroatoms. The molecule has 1 unspecified atom stereocenters. The lowest BCUT2D eigenvalue weighted by molar-refractivity contribution is -0.133. The lowest BCUT2D eigenvalue weighted by atomic mass is 9.85. The van der Waals surface area contributed by atoms with Crippen molar-refractivity contribution in [2.24, 2.45) is 5.73 Å². The number of benzene rings is 2. The van der Waals surface area contributed by atoms with Gasteiger partial charge < -0.3 is 10.8 Å². The molecule has 0 aliphatic carbocycles. The summed E-state index contributed by atoms with van der Waals surface area (Å²) in [6.45, 7) is 4.18. The van der Waals surface area contributed by atoms with E-state index in [4.69, 9.17) is 5.73 Å². The highest BCUT2D eigenvalue weighted by atomic mass is 16.3. The van der Waals surface area contributed by atoms with Crippen LogP contribution >= 0.6 is 0 Å². The molecule has 1 amide bonds. The number of amides is 1. The number of carbonyl (C=O) groups is 1. The number of rotatable bonds is 4. The minimum absolute atomic E-state index is 0.391.